The van der Waals surface area contributed by atoms with Crippen molar-refractivity contribution in [2.45, 2.75) is 72.3 Å². The first-order valence-corrected chi connectivity index (χ1v) is 8.58. The third-order valence-corrected chi connectivity index (χ3v) is 4.54. The van der Waals surface area contributed by atoms with Crippen LogP contribution in [0.1, 0.15) is 66.2 Å². The molecule has 0 amide bonds. The highest BCUT2D eigenvalue weighted by Gasteiger charge is 2.19. The van der Waals surface area contributed by atoms with E-state index in [1.54, 1.807) is 0 Å². The largest absolute Gasteiger partial charge is 0.315 e. The molecule has 0 aromatic heterocycles. The predicted molar refractivity (Wildman–Crippen MR) is 85.6 cm³/mol. The average Bonchev–Trinajstić information content (AvgIpc) is 2.60. The summed E-state index contributed by atoms with van der Waals surface area (Å²) in [6.07, 6.45) is 8.38. The lowest BCUT2D eigenvalue weighted by Gasteiger charge is -2.28. The summed E-state index contributed by atoms with van der Waals surface area (Å²) < 4.78 is 0. The Morgan fingerprint density at radius 2 is 1.95 bits per heavy atom. The minimum Gasteiger partial charge on any atom is -0.315 e. The summed E-state index contributed by atoms with van der Waals surface area (Å²) in [5.74, 6) is 1.81. The van der Waals surface area contributed by atoms with Gasteiger partial charge in [-0.25, -0.2) is 0 Å². The fraction of sp³-hybridized carbons (Fsp3) is 1.00. The van der Waals surface area contributed by atoms with E-state index in [9.17, 15) is 0 Å². The first kappa shape index (κ1) is 17.0. The van der Waals surface area contributed by atoms with E-state index in [-0.39, 0.29) is 0 Å². The van der Waals surface area contributed by atoms with Crippen LogP contribution >= 0.6 is 0 Å². The molecule has 0 aliphatic carbocycles. The first-order valence-electron chi connectivity index (χ1n) is 8.58. The molecule has 0 radical (unpaired) electrons. The second-order valence-corrected chi connectivity index (χ2v) is 6.86. The van der Waals surface area contributed by atoms with Crippen LogP contribution < -0.4 is 5.32 Å². The van der Waals surface area contributed by atoms with Gasteiger partial charge in [0.2, 0.25) is 0 Å². The van der Waals surface area contributed by atoms with E-state index in [4.69, 9.17) is 0 Å². The van der Waals surface area contributed by atoms with Crippen molar-refractivity contribution in [1.29, 1.82) is 0 Å². The molecule has 2 nitrogen and oxygen atoms in total. The molecular weight excluding hydrogens is 232 g/mol. The molecule has 19 heavy (non-hydrogen) atoms. The second kappa shape index (κ2) is 9.77. The summed E-state index contributed by atoms with van der Waals surface area (Å²) in [6.45, 7) is 14.3. The van der Waals surface area contributed by atoms with Crippen molar-refractivity contribution >= 4 is 0 Å². The molecular formula is C17H36N2. The minimum absolute atomic E-state index is 0.701. The lowest BCUT2D eigenvalue weighted by molar-refractivity contribution is 0.208. The highest BCUT2D eigenvalue weighted by atomic mass is 15.2. The van der Waals surface area contributed by atoms with Gasteiger partial charge in [-0.2, -0.15) is 0 Å². The Morgan fingerprint density at radius 3 is 2.63 bits per heavy atom. The van der Waals surface area contributed by atoms with Gasteiger partial charge in [0.25, 0.3) is 0 Å². The van der Waals surface area contributed by atoms with Crippen LogP contribution in [-0.4, -0.2) is 37.1 Å². The molecule has 2 unspecified atom stereocenters. The number of likely N-dealkylation sites (tertiary alicyclic amines) is 1. The van der Waals surface area contributed by atoms with E-state index in [0.717, 1.165) is 18.4 Å². The second-order valence-electron chi connectivity index (χ2n) is 6.86. The van der Waals surface area contributed by atoms with Crippen LogP contribution in [0.4, 0.5) is 0 Å². The van der Waals surface area contributed by atoms with E-state index in [0.29, 0.717) is 6.04 Å². The van der Waals surface area contributed by atoms with Crippen molar-refractivity contribution < 1.29 is 0 Å². The molecule has 2 atom stereocenters. The highest BCUT2D eigenvalue weighted by Crippen LogP contribution is 2.22. The Hall–Kier alpha value is -0.0800. The van der Waals surface area contributed by atoms with Crippen LogP contribution in [0.5, 0.6) is 0 Å². The Labute approximate surface area is 121 Å². The number of hydrogen-bond acceptors (Lipinski definition) is 2. The van der Waals surface area contributed by atoms with Crippen LogP contribution in [0.2, 0.25) is 0 Å². The summed E-state index contributed by atoms with van der Waals surface area (Å²) >= 11 is 0. The maximum Gasteiger partial charge on any atom is 0.0192 e. The average molecular weight is 268 g/mol. The lowest BCUT2D eigenvalue weighted by atomic mass is 9.96. The molecule has 2 heteroatoms. The molecule has 0 spiro atoms. The normalized spacial score (nSPS) is 23.5. The lowest BCUT2D eigenvalue weighted by Crippen LogP contribution is -2.41. The van der Waals surface area contributed by atoms with Crippen molar-refractivity contribution in [3.05, 3.63) is 0 Å². The molecule has 0 aromatic rings. The van der Waals surface area contributed by atoms with Crippen LogP contribution in [0.3, 0.4) is 0 Å². The van der Waals surface area contributed by atoms with Crippen molar-refractivity contribution in [2.75, 3.05) is 26.2 Å². The van der Waals surface area contributed by atoms with Gasteiger partial charge in [0.1, 0.15) is 0 Å². The monoisotopic (exact) mass is 268 g/mol. The quantitative estimate of drug-likeness (QED) is 0.671. The van der Waals surface area contributed by atoms with Crippen molar-refractivity contribution in [3.63, 3.8) is 0 Å². The van der Waals surface area contributed by atoms with E-state index < -0.39 is 0 Å². The highest BCUT2D eigenvalue weighted by molar-refractivity contribution is 4.75. The third-order valence-electron chi connectivity index (χ3n) is 4.54. The predicted octanol–water partition coefficient (Wildman–Crippen LogP) is 3.91. The molecule has 1 fully saturated rings. The topological polar surface area (TPSA) is 15.3 Å². The summed E-state index contributed by atoms with van der Waals surface area (Å²) in [5.41, 5.74) is 0. The molecule has 0 bridgehead atoms. The maximum absolute atomic E-state index is 3.63. The number of rotatable bonds is 8. The summed E-state index contributed by atoms with van der Waals surface area (Å²) in [5, 5.41) is 3.63. The summed E-state index contributed by atoms with van der Waals surface area (Å²) in [6, 6.07) is 0.701. The van der Waals surface area contributed by atoms with E-state index in [1.165, 1.54) is 58.2 Å². The molecule has 0 aromatic carbocycles. The smallest absolute Gasteiger partial charge is 0.0192 e. The SMILES string of the molecule is CCCC1CCCN(C(C)CNCCC(C)C)CC1. The van der Waals surface area contributed by atoms with E-state index >= 15 is 0 Å². The molecule has 0 saturated carbocycles. The van der Waals surface area contributed by atoms with Crippen molar-refractivity contribution in [3.8, 4) is 0 Å². The van der Waals surface area contributed by atoms with Crippen LogP contribution in [0.25, 0.3) is 0 Å². The van der Waals surface area contributed by atoms with Gasteiger partial charge < -0.3 is 5.32 Å². The van der Waals surface area contributed by atoms with Gasteiger partial charge in [-0.05, 0) is 64.1 Å². The van der Waals surface area contributed by atoms with Gasteiger partial charge >= 0.3 is 0 Å². The molecule has 1 aliphatic rings. The summed E-state index contributed by atoms with van der Waals surface area (Å²) in [7, 11) is 0. The van der Waals surface area contributed by atoms with Crippen LogP contribution in [0, 0.1) is 11.8 Å². The zero-order valence-corrected chi connectivity index (χ0v) is 13.8. The minimum atomic E-state index is 0.701. The third kappa shape index (κ3) is 7.31. The van der Waals surface area contributed by atoms with Crippen molar-refractivity contribution in [1.82, 2.24) is 10.2 Å². The number of hydrogen-bond donors (Lipinski definition) is 1. The van der Waals surface area contributed by atoms with Gasteiger partial charge in [0, 0.05) is 12.6 Å². The first-order chi connectivity index (χ1) is 9.13. The Morgan fingerprint density at radius 1 is 1.16 bits per heavy atom. The maximum atomic E-state index is 3.63. The Kier molecular flexibility index (Phi) is 8.72. The molecule has 1 heterocycles. The van der Waals surface area contributed by atoms with Crippen LogP contribution in [0.15, 0.2) is 0 Å². The fourth-order valence-electron chi connectivity index (χ4n) is 3.16. The molecule has 1 saturated heterocycles. The van der Waals surface area contributed by atoms with Gasteiger partial charge in [0.15, 0.2) is 0 Å². The number of nitrogens with zero attached hydrogens (tertiary/aromatic N) is 1. The van der Waals surface area contributed by atoms with Crippen LogP contribution in [-0.2, 0) is 0 Å². The zero-order valence-electron chi connectivity index (χ0n) is 13.8. The van der Waals surface area contributed by atoms with Gasteiger partial charge in [-0.1, -0.05) is 33.6 Å². The zero-order chi connectivity index (χ0) is 14.1. The van der Waals surface area contributed by atoms with Gasteiger partial charge in [0.05, 0.1) is 0 Å². The van der Waals surface area contributed by atoms with Gasteiger partial charge in [-0.15, -0.1) is 0 Å². The van der Waals surface area contributed by atoms with Crippen molar-refractivity contribution in [2.24, 2.45) is 11.8 Å². The van der Waals surface area contributed by atoms with E-state index in [1.807, 2.05) is 0 Å². The van der Waals surface area contributed by atoms with E-state index in [2.05, 4.69) is 37.9 Å². The number of nitrogens with one attached hydrogen (secondary N) is 1. The standard InChI is InChI=1S/C17H36N2/c1-5-7-17-8-6-12-19(13-10-17)16(4)14-18-11-9-15(2)3/h15-18H,5-14H2,1-4H3. The molecule has 1 rings (SSSR count). The molecule has 114 valence electrons. The summed E-state index contributed by atoms with van der Waals surface area (Å²) in [4.78, 5) is 2.71. The fourth-order valence-corrected chi connectivity index (χ4v) is 3.16. The molecule has 1 aliphatic heterocycles. The molecule has 1 N–H and O–H groups in total. The Bertz CT molecular complexity index is 215. The Balaban J connectivity index is 2.19. The van der Waals surface area contributed by atoms with Gasteiger partial charge in [-0.3, -0.25) is 4.90 Å².